The summed E-state index contributed by atoms with van der Waals surface area (Å²) in [5.74, 6) is 0. The quantitative estimate of drug-likeness (QED) is 0.335. The summed E-state index contributed by atoms with van der Waals surface area (Å²) in [5, 5.41) is 5.27. The van der Waals surface area contributed by atoms with Gasteiger partial charge < -0.3 is 4.57 Å². The van der Waals surface area contributed by atoms with Crippen LogP contribution in [0.25, 0.3) is 31.3 Å². The highest BCUT2D eigenvalue weighted by Crippen LogP contribution is 2.55. The Labute approximate surface area is 161 Å². The first-order chi connectivity index (χ1) is 13.3. The monoisotopic (exact) mass is 382 g/mol. The minimum atomic E-state index is -2.91. The molecule has 3 heteroatoms. The van der Waals surface area contributed by atoms with Crippen molar-refractivity contribution in [1.29, 1.82) is 0 Å². The normalized spacial score (nSPS) is 17.9. The van der Waals surface area contributed by atoms with Crippen molar-refractivity contribution in [2.24, 2.45) is 0 Å². The van der Waals surface area contributed by atoms with E-state index in [-0.39, 0.29) is 0 Å². The summed E-state index contributed by atoms with van der Waals surface area (Å²) in [4.78, 5) is 0. The maximum Gasteiger partial charge on any atom is 0.172 e. The van der Waals surface area contributed by atoms with E-state index in [0.29, 0.717) is 0 Å². The lowest BCUT2D eigenvalue weighted by molar-refractivity contribution is 0.593. The van der Waals surface area contributed by atoms with Gasteiger partial charge in [0.25, 0.3) is 0 Å². The average molecular weight is 382 g/mol. The summed E-state index contributed by atoms with van der Waals surface area (Å²) in [6, 6.07) is 31.0. The molecule has 0 fully saturated rings. The zero-order chi connectivity index (χ0) is 18.0. The van der Waals surface area contributed by atoms with Gasteiger partial charge in [0.05, 0.1) is 0 Å². The molecule has 6 rings (SSSR count). The van der Waals surface area contributed by atoms with Crippen LogP contribution in [-0.2, 0) is 4.57 Å². The van der Waals surface area contributed by atoms with Crippen LogP contribution in [0, 0.1) is 0 Å². The van der Waals surface area contributed by atoms with Crippen LogP contribution in [-0.4, -0.2) is 0 Å². The van der Waals surface area contributed by atoms with E-state index in [4.69, 9.17) is 0 Å². The van der Waals surface area contributed by atoms with E-state index in [1.54, 1.807) is 11.3 Å². The second-order valence-corrected chi connectivity index (χ2v) is 10.6. The van der Waals surface area contributed by atoms with Crippen LogP contribution >= 0.6 is 18.5 Å². The zero-order valence-corrected chi connectivity index (χ0v) is 16.1. The highest BCUT2D eigenvalue weighted by molar-refractivity contribution is 7.87. The first kappa shape index (κ1) is 15.4. The van der Waals surface area contributed by atoms with Crippen LogP contribution in [0.4, 0.5) is 0 Å². The molecule has 1 nitrogen and oxygen atoms in total. The van der Waals surface area contributed by atoms with Crippen LogP contribution in [0.1, 0.15) is 0 Å². The first-order valence-electron chi connectivity index (χ1n) is 8.99. The Morgan fingerprint density at radius 2 is 1.37 bits per heavy atom. The van der Waals surface area contributed by atoms with Crippen LogP contribution in [0.5, 0.6) is 0 Å². The Morgan fingerprint density at radius 3 is 2.26 bits per heavy atom. The summed E-state index contributed by atoms with van der Waals surface area (Å²) in [5.41, 5.74) is 2.23. The highest BCUT2D eigenvalue weighted by atomic mass is 32.1. The molecule has 0 amide bonds. The Bertz CT molecular complexity index is 1400. The van der Waals surface area contributed by atoms with Gasteiger partial charge in [0.15, 0.2) is 7.14 Å². The fraction of sp³-hybridized carbons (Fsp3) is 0. The smallest absolute Gasteiger partial charge is 0.172 e. The van der Waals surface area contributed by atoms with Gasteiger partial charge in [-0.3, -0.25) is 0 Å². The van der Waals surface area contributed by atoms with E-state index in [1.807, 2.05) is 48.5 Å². The third-order valence-corrected chi connectivity index (χ3v) is 9.81. The molecule has 1 atom stereocenters. The summed E-state index contributed by atoms with van der Waals surface area (Å²) in [7, 11) is -2.91. The highest BCUT2D eigenvalue weighted by Gasteiger charge is 2.41. The van der Waals surface area contributed by atoms with Gasteiger partial charge in [-0.25, -0.2) is 0 Å². The van der Waals surface area contributed by atoms with Crippen molar-refractivity contribution in [2.75, 3.05) is 0 Å². The van der Waals surface area contributed by atoms with Crippen molar-refractivity contribution < 1.29 is 4.57 Å². The van der Waals surface area contributed by atoms with E-state index >= 15 is 0 Å². The number of thiophene rings is 1. The molecule has 5 aromatic rings. The summed E-state index contributed by atoms with van der Waals surface area (Å²) in [6.45, 7) is 0. The molecule has 128 valence electrons. The van der Waals surface area contributed by atoms with Gasteiger partial charge in [-0.15, -0.1) is 11.3 Å². The lowest BCUT2D eigenvalue weighted by Crippen LogP contribution is -2.21. The maximum atomic E-state index is 14.8. The van der Waals surface area contributed by atoms with Crippen molar-refractivity contribution in [3.05, 3.63) is 91.0 Å². The third-order valence-electron chi connectivity index (χ3n) is 5.48. The van der Waals surface area contributed by atoms with Crippen molar-refractivity contribution >= 4 is 54.6 Å². The summed E-state index contributed by atoms with van der Waals surface area (Å²) in [6.07, 6.45) is 0. The van der Waals surface area contributed by atoms with Gasteiger partial charge in [0.1, 0.15) is 0 Å². The average Bonchev–Trinajstić information content (AvgIpc) is 3.23. The van der Waals surface area contributed by atoms with E-state index < -0.39 is 7.14 Å². The molecule has 2 heterocycles. The molecule has 1 aliphatic rings. The minimum Gasteiger partial charge on any atom is -0.309 e. The van der Waals surface area contributed by atoms with Gasteiger partial charge in [-0.05, 0) is 23.3 Å². The Hall–Kier alpha value is -2.67. The number of rotatable bonds is 1. The molecule has 0 saturated carbocycles. The molecule has 0 aliphatic carbocycles. The zero-order valence-electron chi connectivity index (χ0n) is 14.4. The topological polar surface area (TPSA) is 17.1 Å². The SMILES string of the molecule is O=P1(c2ccccc2)c2ccccc2-c2ccc3sc4ccccc4c3c21. The number of hydrogen-bond donors (Lipinski definition) is 0. The van der Waals surface area contributed by atoms with E-state index in [9.17, 15) is 4.57 Å². The van der Waals surface area contributed by atoms with E-state index in [2.05, 4.69) is 42.5 Å². The van der Waals surface area contributed by atoms with Crippen LogP contribution in [0.15, 0.2) is 91.0 Å². The predicted molar refractivity (Wildman–Crippen MR) is 118 cm³/mol. The fourth-order valence-electron chi connectivity index (χ4n) is 4.35. The summed E-state index contributed by atoms with van der Waals surface area (Å²) < 4.78 is 17.3. The van der Waals surface area contributed by atoms with Crippen molar-refractivity contribution in [3.63, 3.8) is 0 Å². The second-order valence-electron chi connectivity index (χ2n) is 6.90. The van der Waals surface area contributed by atoms with E-state index in [0.717, 1.165) is 32.4 Å². The second kappa shape index (κ2) is 5.42. The molecule has 27 heavy (non-hydrogen) atoms. The third kappa shape index (κ3) is 1.92. The standard InChI is InChI=1S/C24H15OPS/c25-26(16-8-2-1-3-9-16)20-12-6-4-10-17(20)18-14-15-22-23(24(18)26)19-11-5-7-13-21(19)27-22/h1-15H. The molecule has 0 spiro atoms. The van der Waals surface area contributed by atoms with Gasteiger partial charge in [-0.1, -0.05) is 78.9 Å². The molecular weight excluding hydrogens is 367 g/mol. The molecule has 0 saturated heterocycles. The minimum absolute atomic E-state index is 0.916. The van der Waals surface area contributed by atoms with Crippen molar-refractivity contribution in [2.45, 2.75) is 0 Å². The molecule has 0 radical (unpaired) electrons. The molecule has 1 aromatic heterocycles. The van der Waals surface area contributed by atoms with Crippen molar-refractivity contribution in [1.82, 2.24) is 0 Å². The van der Waals surface area contributed by atoms with Crippen LogP contribution in [0.2, 0.25) is 0 Å². The Kier molecular flexibility index (Phi) is 3.09. The number of benzene rings is 4. The molecule has 0 bridgehead atoms. The first-order valence-corrected chi connectivity index (χ1v) is 11.5. The largest absolute Gasteiger partial charge is 0.309 e. The molecule has 4 aromatic carbocycles. The van der Waals surface area contributed by atoms with Crippen LogP contribution in [0.3, 0.4) is 0 Å². The maximum absolute atomic E-state index is 14.8. The van der Waals surface area contributed by atoms with E-state index in [1.165, 1.54) is 14.8 Å². The predicted octanol–water partition coefficient (Wildman–Crippen LogP) is 5.67. The molecule has 0 N–H and O–H groups in total. The lowest BCUT2D eigenvalue weighted by Gasteiger charge is -2.16. The van der Waals surface area contributed by atoms with Gasteiger partial charge in [-0.2, -0.15) is 0 Å². The molecule has 1 aliphatic heterocycles. The Balaban J connectivity index is 1.87. The van der Waals surface area contributed by atoms with Crippen LogP contribution < -0.4 is 15.9 Å². The molecular formula is C24H15OPS. The van der Waals surface area contributed by atoms with Crippen molar-refractivity contribution in [3.8, 4) is 11.1 Å². The number of hydrogen-bond acceptors (Lipinski definition) is 2. The Morgan fingerprint density at radius 1 is 0.630 bits per heavy atom. The fourth-order valence-corrected chi connectivity index (χ4v) is 8.82. The van der Waals surface area contributed by atoms with Gasteiger partial charge in [0, 0.05) is 36.1 Å². The lowest BCUT2D eigenvalue weighted by atomic mass is 10.0. The van der Waals surface area contributed by atoms with Gasteiger partial charge >= 0.3 is 0 Å². The van der Waals surface area contributed by atoms with Gasteiger partial charge in [0.2, 0.25) is 0 Å². The summed E-state index contributed by atoms with van der Waals surface area (Å²) >= 11 is 1.78. The molecule has 1 unspecified atom stereocenters. The number of fused-ring (bicyclic) bond motifs is 7.